The molecule has 0 aliphatic carbocycles. The van der Waals surface area contributed by atoms with Crippen molar-refractivity contribution in [3.8, 4) is 0 Å². The first-order valence-corrected chi connectivity index (χ1v) is 9.83. The second-order valence-electron chi connectivity index (χ2n) is 8.35. The number of rotatable bonds is 5. The molecule has 1 aliphatic heterocycles. The maximum atomic E-state index is 12.8. The molecule has 160 valence electrons. The first-order valence-electron chi connectivity index (χ1n) is 9.83. The van der Waals surface area contributed by atoms with Gasteiger partial charge in [0.2, 0.25) is 11.8 Å². The molecule has 0 unspecified atom stereocenters. The van der Waals surface area contributed by atoms with E-state index in [4.69, 9.17) is 4.74 Å². The Balaban J connectivity index is 2.00. The van der Waals surface area contributed by atoms with E-state index in [1.165, 1.54) is 4.90 Å². The van der Waals surface area contributed by atoms with Crippen LogP contribution in [0.5, 0.6) is 0 Å². The van der Waals surface area contributed by atoms with Gasteiger partial charge in [0.1, 0.15) is 17.7 Å². The van der Waals surface area contributed by atoms with E-state index in [-0.39, 0.29) is 18.4 Å². The number of hydrogen-bond acceptors (Lipinski definition) is 5. The summed E-state index contributed by atoms with van der Waals surface area (Å²) in [6.45, 7) is 9.07. The van der Waals surface area contributed by atoms with Gasteiger partial charge in [-0.05, 0) is 70.7 Å². The highest BCUT2D eigenvalue weighted by molar-refractivity contribution is 5.98. The predicted octanol–water partition coefficient (Wildman–Crippen LogP) is 2.33. The number of carbonyl (C=O) groups is 3. The number of aryl methyl sites for hydroxylation is 1. The van der Waals surface area contributed by atoms with Gasteiger partial charge >= 0.3 is 6.09 Å². The molecule has 1 saturated heterocycles. The van der Waals surface area contributed by atoms with Crippen molar-refractivity contribution in [1.29, 1.82) is 0 Å². The lowest BCUT2D eigenvalue weighted by molar-refractivity contribution is -0.138. The van der Waals surface area contributed by atoms with Crippen LogP contribution < -0.4 is 10.6 Å². The van der Waals surface area contributed by atoms with Crippen LogP contribution in [0, 0.1) is 6.92 Å². The number of likely N-dealkylation sites (tertiary alicyclic amines) is 1. The molecule has 2 rings (SSSR count). The summed E-state index contributed by atoms with van der Waals surface area (Å²) < 4.78 is 5.19. The van der Waals surface area contributed by atoms with Crippen LogP contribution in [-0.2, 0) is 20.9 Å². The van der Waals surface area contributed by atoms with Crippen LogP contribution in [0.3, 0.4) is 0 Å². The Morgan fingerprint density at radius 2 is 2.00 bits per heavy atom. The standard InChI is InChI=1S/C21H31N3O5/c1-13-11-16(9-8-15(13)12-25)23-18(26)17-7-6-10-24(17)19(27)14(2)22-20(28)29-21(3,4)5/h8-9,11,14,17,25H,6-7,10,12H2,1-5H3,(H,22,28)(H,23,26)/t14-,17+/m1/s1. The van der Waals surface area contributed by atoms with E-state index in [0.717, 1.165) is 11.1 Å². The smallest absolute Gasteiger partial charge is 0.408 e. The Morgan fingerprint density at radius 1 is 1.31 bits per heavy atom. The fraction of sp³-hybridized carbons (Fsp3) is 0.571. The highest BCUT2D eigenvalue weighted by Gasteiger charge is 2.36. The molecule has 0 aromatic heterocycles. The van der Waals surface area contributed by atoms with Crippen LogP contribution in [0.1, 0.15) is 51.7 Å². The summed E-state index contributed by atoms with van der Waals surface area (Å²) in [5.41, 5.74) is 1.62. The van der Waals surface area contributed by atoms with Crippen molar-refractivity contribution in [3.05, 3.63) is 29.3 Å². The van der Waals surface area contributed by atoms with Gasteiger partial charge in [-0.3, -0.25) is 9.59 Å². The molecule has 0 spiro atoms. The lowest BCUT2D eigenvalue weighted by Crippen LogP contribution is -2.52. The molecule has 1 fully saturated rings. The van der Waals surface area contributed by atoms with E-state index in [9.17, 15) is 19.5 Å². The number of benzene rings is 1. The third-order valence-electron chi connectivity index (χ3n) is 4.72. The lowest BCUT2D eigenvalue weighted by atomic mass is 10.1. The fourth-order valence-electron chi connectivity index (χ4n) is 3.27. The van der Waals surface area contributed by atoms with Gasteiger partial charge in [0.15, 0.2) is 0 Å². The first kappa shape index (κ1) is 22.7. The Bertz CT molecular complexity index is 772. The van der Waals surface area contributed by atoms with E-state index in [1.807, 2.05) is 6.92 Å². The van der Waals surface area contributed by atoms with Gasteiger partial charge in [-0.2, -0.15) is 0 Å². The molecule has 0 radical (unpaired) electrons. The average molecular weight is 405 g/mol. The largest absolute Gasteiger partial charge is 0.444 e. The second kappa shape index (κ2) is 9.26. The Labute approximate surface area is 171 Å². The van der Waals surface area contributed by atoms with Crippen LogP contribution in [0.2, 0.25) is 0 Å². The van der Waals surface area contributed by atoms with Crippen molar-refractivity contribution >= 4 is 23.6 Å². The molecular formula is C21H31N3O5. The number of carbonyl (C=O) groups excluding carboxylic acids is 3. The van der Waals surface area contributed by atoms with Crippen LogP contribution in [0.4, 0.5) is 10.5 Å². The average Bonchev–Trinajstić information content (AvgIpc) is 3.09. The van der Waals surface area contributed by atoms with Crippen molar-refractivity contribution in [2.24, 2.45) is 0 Å². The number of nitrogens with zero attached hydrogens (tertiary/aromatic N) is 1. The number of aliphatic hydroxyl groups is 1. The number of anilines is 1. The summed E-state index contributed by atoms with van der Waals surface area (Å²) in [4.78, 5) is 39.0. The molecule has 0 bridgehead atoms. The Morgan fingerprint density at radius 3 is 2.59 bits per heavy atom. The van der Waals surface area contributed by atoms with Gasteiger partial charge < -0.3 is 25.4 Å². The molecule has 1 aromatic carbocycles. The number of aliphatic hydroxyl groups excluding tert-OH is 1. The van der Waals surface area contributed by atoms with E-state index >= 15 is 0 Å². The normalized spacial score (nSPS) is 17.6. The zero-order valence-electron chi connectivity index (χ0n) is 17.7. The van der Waals surface area contributed by atoms with Gasteiger partial charge in [0.05, 0.1) is 6.61 Å². The minimum absolute atomic E-state index is 0.0620. The molecule has 1 aromatic rings. The van der Waals surface area contributed by atoms with Gasteiger partial charge in [-0.1, -0.05) is 6.07 Å². The topological polar surface area (TPSA) is 108 Å². The van der Waals surface area contributed by atoms with Crippen molar-refractivity contribution < 1.29 is 24.2 Å². The number of amides is 3. The van der Waals surface area contributed by atoms with Crippen molar-refractivity contribution in [2.75, 3.05) is 11.9 Å². The number of alkyl carbamates (subject to hydrolysis) is 1. The molecule has 8 nitrogen and oxygen atoms in total. The zero-order valence-corrected chi connectivity index (χ0v) is 17.7. The molecular weight excluding hydrogens is 374 g/mol. The van der Waals surface area contributed by atoms with Crippen molar-refractivity contribution in [1.82, 2.24) is 10.2 Å². The SMILES string of the molecule is Cc1cc(NC(=O)[C@@H]2CCCN2C(=O)[C@@H](C)NC(=O)OC(C)(C)C)ccc1CO. The maximum Gasteiger partial charge on any atom is 0.408 e. The predicted molar refractivity (Wildman–Crippen MR) is 109 cm³/mol. The van der Waals surface area contributed by atoms with Crippen molar-refractivity contribution in [2.45, 2.75) is 71.8 Å². The van der Waals surface area contributed by atoms with Crippen molar-refractivity contribution in [3.63, 3.8) is 0 Å². The van der Waals surface area contributed by atoms with Crippen LogP contribution in [0.15, 0.2) is 18.2 Å². The maximum absolute atomic E-state index is 12.8. The molecule has 8 heteroatoms. The summed E-state index contributed by atoms with van der Waals surface area (Å²) in [6.07, 6.45) is 0.605. The second-order valence-corrected chi connectivity index (χ2v) is 8.35. The monoisotopic (exact) mass is 405 g/mol. The molecule has 3 amide bonds. The molecule has 1 heterocycles. The quantitative estimate of drug-likeness (QED) is 0.697. The number of nitrogens with one attached hydrogen (secondary N) is 2. The summed E-state index contributed by atoms with van der Waals surface area (Å²) in [7, 11) is 0. The Hall–Kier alpha value is -2.61. The molecule has 0 saturated carbocycles. The zero-order chi connectivity index (χ0) is 21.8. The third kappa shape index (κ3) is 6.19. The van der Waals surface area contributed by atoms with E-state index in [2.05, 4.69) is 10.6 Å². The Kier molecular flexibility index (Phi) is 7.24. The van der Waals surface area contributed by atoms with E-state index in [0.29, 0.717) is 25.1 Å². The summed E-state index contributed by atoms with van der Waals surface area (Å²) in [5.74, 6) is -0.586. The molecule has 1 aliphatic rings. The highest BCUT2D eigenvalue weighted by atomic mass is 16.6. The lowest BCUT2D eigenvalue weighted by Gasteiger charge is -2.28. The van der Waals surface area contributed by atoms with Crippen LogP contribution in [0.25, 0.3) is 0 Å². The highest BCUT2D eigenvalue weighted by Crippen LogP contribution is 2.22. The van der Waals surface area contributed by atoms with Gasteiger partial charge in [0, 0.05) is 12.2 Å². The molecule has 3 N–H and O–H groups in total. The molecule has 29 heavy (non-hydrogen) atoms. The first-order chi connectivity index (χ1) is 13.5. The van der Waals surface area contributed by atoms with Crippen LogP contribution in [-0.4, -0.2) is 52.1 Å². The van der Waals surface area contributed by atoms with E-state index < -0.39 is 23.8 Å². The van der Waals surface area contributed by atoms with Gasteiger partial charge in [-0.15, -0.1) is 0 Å². The van der Waals surface area contributed by atoms with Gasteiger partial charge in [0.25, 0.3) is 0 Å². The summed E-state index contributed by atoms with van der Waals surface area (Å²) >= 11 is 0. The third-order valence-corrected chi connectivity index (χ3v) is 4.72. The molecule has 2 atom stereocenters. The summed E-state index contributed by atoms with van der Waals surface area (Å²) in [6, 6.07) is 3.88. The number of ether oxygens (including phenoxy) is 1. The van der Waals surface area contributed by atoms with Crippen LogP contribution >= 0.6 is 0 Å². The number of hydrogen-bond donors (Lipinski definition) is 3. The van der Waals surface area contributed by atoms with Gasteiger partial charge in [-0.25, -0.2) is 4.79 Å². The minimum Gasteiger partial charge on any atom is -0.444 e. The van der Waals surface area contributed by atoms with E-state index in [1.54, 1.807) is 45.9 Å². The summed E-state index contributed by atoms with van der Waals surface area (Å²) in [5, 5.41) is 14.6. The fourth-order valence-corrected chi connectivity index (χ4v) is 3.27. The minimum atomic E-state index is -0.802.